The van der Waals surface area contributed by atoms with Gasteiger partial charge in [0.25, 0.3) is 5.91 Å². The van der Waals surface area contributed by atoms with E-state index in [9.17, 15) is 4.79 Å². The molecular weight excluding hydrogens is 412 g/mol. The fourth-order valence-corrected chi connectivity index (χ4v) is 3.60. The highest BCUT2D eigenvalue weighted by molar-refractivity contribution is 9.10. The molecule has 0 aromatic heterocycles. The molecule has 3 aromatic carbocycles. The second-order valence-corrected chi connectivity index (χ2v) is 7.99. The summed E-state index contributed by atoms with van der Waals surface area (Å²) in [7, 11) is 0. The van der Waals surface area contributed by atoms with Crippen molar-refractivity contribution >= 4 is 33.2 Å². The zero-order valence-corrected chi connectivity index (χ0v) is 17.4. The van der Waals surface area contributed by atoms with Crippen LogP contribution in [-0.2, 0) is 4.79 Å². The van der Waals surface area contributed by atoms with E-state index >= 15 is 0 Å². The molecule has 4 rings (SSSR count). The highest BCUT2D eigenvalue weighted by Gasteiger charge is 2.34. The van der Waals surface area contributed by atoms with Gasteiger partial charge in [-0.25, -0.2) is 0 Å². The number of hydrogen-bond acceptors (Lipinski definition) is 2. The summed E-state index contributed by atoms with van der Waals surface area (Å²) in [5.41, 5.74) is 5.81. The van der Waals surface area contributed by atoms with Crippen LogP contribution in [0.1, 0.15) is 22.7 Å². The number of hydrogen-bond donors (Lipinski definition) is 1. The van der Waals surface area contributed by atoms with Crippen molar-refractivity contribution in [1.82, 2.24) is 0 Å². The number of halogens is 1. The molecule has 3 aromatic rings. The minimum atomic E-state index is -0.156. The molecule has 1 aliphatic rings. The van der Waals surface area contributed by atoms with Gasteiger partial charge in [-0.05, 0) is 61.9 Å². The predicted molar refractivity (Wildman–Crippen MR) is 118 cm³/mol. The predicted octanol–water partition coefficient (Wildman–Crippen LogP) is 6.15. The van der Waals surface area contributed by atoms with Crippen molar-refractivity contribution in [2.45, 2.75) is 19.9 Å². The molecular formula is C24H21BrN2O. The smallest absolute Gasteiger partial charge is 0.275 e. The van der Waals surface area contributed by atoms with Crippen LogP contribution >= 0.6 is 15.9 Å². The molecule has 0 unspecified atom stereocenters. The number of aryl methyl sites for hydroxylation is 2. The first-order valence-electron chi connectivity index (χ1n) is 9.22. The summed E-state index contributed by atoms with van der Waals surface area (Å²) in [6, 6.07) is 24.1. The van der Waals surface area contributed by atoms with Crippen LogP contribution in [0.5, 0.6) is 0 Å². The summed E-state index contributed by atoms with van der Waals surface area (Å²) in [5.74, 6) is -0.0302. The largest absolute Gasteiger partial charge is 0.351 e. The van der Waals surface area contributed by atoms with Gasteiger partial charge < -0.3 is 5.32 Å². The van der Waals surface area contributed by atoms with Gasteiger partial charge in [-0.2, -0.15) is 0 Å². The van der Waals surface area contributed by atoms with E-state index in [1.165, 1.54) is 11.1 Å². The zero-order chi connectivity index (χ0) is 19.7. The monoisotopic (exact) mass is 432 g/mol. The number of carbonyl (C=O) groups excluding carboxylic acids is 1. The second-order valence-electron chi connectivity index (χ2n) is 7.08. The minimum Gasteiger partial charge on any atom is -0.351 e. The molecule has 0 saturated heterocycles. The first-order chi connectivity index (χ1) is 13.5. The first-order valence-corrected chi connectivity index (χ1v) is 10.0. The van der Waals surface area contributed by atoms with Crippen LogP contribution in [0.25, 0.3) is 0 Å². The normalized spacial score (nSPS) is 16.2. The lowest BCUT2D eigenvalue weighted by Gasteiger charge is -2.25. The van der Waals surface area contributed by atoms with Crippen LogP contribution < -0.4 is 10.2 Å². The Kier molecular flexibility index (Phi) is 5.05. The van der Waals surface area contributed by atoms with Gasteiger partial charge in [0.2, 0.25) is 0 Å². The number of rotatable bonds is 4. The zero-order valence-electron chi connectivity index (χ0n) is 15.8. The SMILES string of the molecule is Cc1ccc(NC2=C[C@@H](c3ccc(Br)cc3)N(c3ccc(C)cc3)C2=O)cc1. The molecule has 1 N–H and O–H groups in total. The molecule has 0 saturated carbocycles. The van der Waals surface area contributed by atoms with E-state index in [0.717, 1.165) is 21.4 Å². The molecule has 4 heteroatoms. The maximum atomic E-state index is 13.3. The van der Waals surface area contributed by atoms with Crippen molar-refractivity contribution in [2.75, 3.05) is 10.2 Å². The number of benzene rings is 3. The fourth-order valence-electron chi connectivity index (χ4n) is 3.34. The van der Waals surface area contributed by atoms with Crippen LogP contribution in [0.15, 0.2) is 89.0 Å². The molecule has 0 fully saturated rings. The van der Waals surface area contributed by atoms with Crippen molar-refractivity contribution in [3.8, 4) is 0 Å². The lowest BCUT2D eigenvalue weighted by molar-refractivity contribution is -0.114. The summed E-state index contributed by atoms with van der Waals surface area (Å²) < 4.78 is 1.02. The highest BCUT2D eigenvalue weighted by atomic mass is 79.9. The Balaban J connectivity index is 1.72. The van der Waals surface area contributed by atoms with E-state index in [4.69, 9.17) is 0 Å². The Morgan fingerprint density at radius 3 is 2.00 bits per heavy atom. The molecule has 3 nitrogen and oxygen atoms in total. The van der Waals surface area contributed by atoms with E-state index in [2.05, 4.69) is 33.4 Å². The number of amides is 1. The quantitative estimate of drug-likeness (QED) is 0.535. The van der Waals surface area contributed by atoms with E-state index in [1.54, 1.807) is 0 Å². The summed E-state index contributed by atoms with van der Waals surface area (Å²) in [6.45, 7) is 4.09. The molecule has 0 aliphatic carbocycles. The van der Waals surface area contributed by atoms with Crippen molar-refractivity contribution in [3.63, 3.8) is 0 Å². The molecule has 0 radical (unpaired) electrons. The van der Waals surface area contributed by atoms with E-state index in [-0.39, 0.29) is 11.9 Å². The topological polar surface area (TPSA) is 32.3 Å². The third-order valence-corrected chi connectivity index (χ3v) is 5.43. The van der Waals surface area contributed by atoms with Gasteiger partial charge in [-0.15, -0.1) is 0 Å². The van der Waals surface area contributed by atoms with Crippen molar-refractivity contribution in [1.29, 1.82) is 0 Å². The van der Waals surface area contributed by atoms with Gasteiger partial charge in [-0.3, -0.25) is 9.69 Å². The summed E-state index contributed by atoms with van der Waals surface area (Å²) in [4.78, 5) is 15.1. The molecule has 1 heterocycles. The van der Waals surface area contributed by atoms with Gasteiger partial charge in [0.1, 0.15) is 5.70 Å². The number of nitrogens with zero attached hydrogens (tertiary/aromatic N) is 1. The number of anilines is 2. The molecule has 1 aliphatic heterocycles. The number of nitrogens with one attached hydrogen (secondary N) is 1. The van der Waals surface area contributed by atoms with E-state index < -0.39 is 0 Å². The summed E-state index contributed by atoms with van der Waals surface area (Å²) in [5, 5.41) is 3.30. The van der Waals surface area contributed by atoms with Crippen molar-refractivity contribution in [2.24, 2.45) is 0 Å². The Morgan fingerprint density at radius 2 is 1.39 bits per heavy atom. The Labute approximate surface area is 173 Å². The lowest BCUT2D eigenvalue weighted by Crippen LogP contribution is -2.30. The molecule has 140 valence electrons. The van der Waals surface area contributed by atoms with Crippen LogP contribution in [-0.4, -0.2) is 5.91 Å². The third kappa shape index (κ3) is 3.73. The Hall–Kier alpha value is -2.85. The second kappa shape index (κ2) is 7.64. The molecule has 28 heavy (non-hydrogen) atoms. The van der Waals surface area contributed by atoms with Gasteiger partial charge >= 0.3 is 0 Å². The average molecular weight is 433 g/mol. The fraction of sp³-hybridized carbons (Fsp3) is 0.125. The molecule has 1 amide bonds. The molecule has 0 bridgehead atoms. The van der Waals surface area contributed by atoms with E-state index in [1.807, 2.05) is 85.5 Å². The standard InChI is InChI=1S/C24H21BrN2O/c1-16-3-11-20(12-4-16)26-22-15-23(18-7-9-19(25)10-8-18)27(24(22)28)21-13-5-17(2)6-14-21/h3-15,23,26H,1-2H3/t23-/m0/s1. The van der Waals surface area contributed by atoms with Crippen LogP contribution in [0.3, 0.4) is 0 Å². The van der Waals surface area contributed by atoms with Crippen LogP contribution in [0.4, 0.5) is 11.4 Å². The summed E-state index contributed by atoms with van der Waals surface area (Å²) in [6.07, 6.45) is 2.01. The molecule has 1 atom stereocenters. The van der Waals surface area contributed by atoms with Gasteiger partial charge in [0.05, 0.1) is 6.04 Å². The van der Waals surface area contributed by atoms with E-state index in [0.29, 0.717) is 5.70 Å². The first kappa shape index (κ1) is 18.5. The van der Waals surface area contributed by atoms with Crippen molar-refractivity contribution in [3.05, 3.63) is 106 Å². The van der Waals surface area contributed by atoms with Gasteiger partial charge in [0.15, 0.2) is 0 Å². The molecule has 0 spiro atoms. The van der Waals surface area contributed by atoms with Gasteiger partial charge in [0, 0.05) is 15.8 Å². The average Bonchev–Trinajstić information content (AvgIpc) is 3.01. The highest BCUT2D eigenvalue weighted by Crippen LogP contribution is 2.36. The third-order valence-electron chi connectivity index (χ3n) is 4.91. The minimum absolute atomic E-state index is 0.0302. The van der Waals surface area contributed by atoms with Crippen LogP contribution in [0.2, 0.25) is 0 Å². The number of carbonyl (C=O) groups is 1. The summed E-state index contributed by atoms with van der Waals surface area (Å²) >= 11 is 3.49. The maximum Gasteiger partial charge on any atom is 0.275 e. The van der Waals surface area contributed by atoms with Gasteiger partial charge in [-0.1, -0.05) is 63.5 Å². The van der Waals surface area contributed by atoms with Crippen LogP contribution in [0, 0.1) is 13.8 Å². The Morgan fingerprint density at radius 1 is 0.821 bits per heavy atom. The lowest BCUT2D eigenvalue weighted by atomic mass is 10.1. The Bertz CT molecular complexity index is 1020. The van der Waals surface area contributed by atoms with Crippen molar-refractivity contribution < 1.29 is 4.79 Å². The maximum absolute atomic E-state index is 13.3.